The molecule has 0 N–H and O–H groups in total. The van der Waals surface area contributed by atoms with E-state index in [1.807, 2.05) is 37.4 Å². The molecule has 35 heavy (non-hydrogen) atoms. The van der Waals surface area contributed by atoms with Gasteiger partial charge in [0.1, 0.15) is 5.75 Å². The van der Waals surface area contributed by atoms with Crippen molar-refractivity contribution in [2.24, 2.45) is 0 Å². The van der Waals surface area contributed by atoms with Gasteiger partial charge in [-0.25, -0.2) is 0 Å². The number of anilines is 1. The summed E-state index contributed by atoms with van der Waals surface area (Å²) in [5, 5.41) is 10.2. The number of morpholine rings is 1. The Hall–Kier alpha value is -3.88. The van der Waals surface area contributed by atoms with Crippen LogP contribution in [0.5, 0.6) is 5.75 Å². The number of rotatable bonds is 4. The van der Waals surface area contributed by atoms with Gasteiger partial charge in [-0.3, -0.25) is 4.98 Å². The van der Waals surface area contributed by atoms with E-state index in [4.69, 9.17) is 14.5 Å². The Morgan fingerprint density at radius 2 is 1.69 bits per heavy atom. The van der Waals surface area contributed by atoms with Crippen LogP contribution >= 0.6 is 0 Å². The SMILES string of the molecule is COc1c(-c2ccc(N3C[C@@H](C)O[C@@H](C)C3)cc2)cnc2c(-c3ccc(C#N)c(C)c3)cccc12. The average Bonchev–Trinajstić information content (AvgIpc) is 2.87. The lowest BCUT2D eigenvalue weighted by Crippen LogP contribution is -2.45. The van der Waals surface area contributed by atoms with Gasteiger partial charge in [0, 0.05) is 41.5 Å². The molecule has 0 amide bonds. The van der Waals surface area contributed by atoms with Gasteiger partial charge >= 0.3 is 0 Å². The minimum absolute atomic E-state index is 0.220. The molecule has 2 heterocycles. The molecule has 0 spiro atoms. The number of fused-ring (bicyclic) bond motifs is 1. The summed E-state index contributed by atoms with van der Waals surface area (Å²) < 4.78 is 11.8. The standard InChI is InChI=1S/C30H29N3O2/c1-19-14-23(8-9-24(19)15-31)26-6-5-7-27-29(26)32-16-28(30(27)34-4)22-10-12-25(13-11-22)33-17-20(2)35-21(3)18-33/h5-14,16,20-21H,17-18H2,1-4H3/t20-,21+. The first-order valence-electron chi connectivity index (χ1n) is 12.0. The number of ether oxygens (including phenoxy) is 2. The number of pyridine rings is 1. The second-order valence-corrected chi connectivity index (χ2v) is 9.26. The molecule has 0 saturated carbocycles. The molecule has 0 unspecified atom stereocenters. The summed E-state index contributed by atoms with van der Waals surface area (Å²) in [6.07, 6.45) is 2.34. The van der Waals surface area contributed by atoms with E-state index in [0.29, 0.717) is 5.56 Å². The number of nitriles is 1. The van der Waals surface area contributed by atoms with Crippen LogP contribution in [0.2, 0.25) is 0 Å². The molecule has 1 fully saturated rings. The molecule has 0 bridgehead atoms. The van der Waals surface area contributed by atoms with Gasteiger partial charge in [-0.2, -0.15) is 5.26 Å². The predicted octanol–water partition coefficient (Wildman–Crippen LogP) is 6.37. The highest BCUT2D eigenvalue weighted by atomic mass is 16.5. The largest absolute Gasteiger partial charge is 0.495 e. The maximum atomic E-state index is 9.29. The normalized spacial score (nSPS) is 17.9. The number of hydrogen-bond donors (Lipinski definition) is 0. The van der Waals surface area contributed by atoms with Crippen molar-refractivity contribution in [2.45, 2.75) is 33.0 Å². The second kappa shape index (κ2) is 9.40. The van der Waals surface area contributed by atoms with E-state index in [0.717, 1.165) is 57.6 Å². The fraction of sp³-hybridized carbons (Fsp3) is 0.267. The van der Waals surface area contributed by atoms with Gasteiger partial charge in [0.2, 0.25) is 0 Å². The summed E-state index contributed by atoms with van der Waals surface area (Å²) in [7, 11) is 1.71. The third kappa shape index (κ3) is 4.34. The summed E-state index contributed by atoms with van der Waals surface area (Å²) in [4.78, 5) is 7.25. The highest BCUT2D eigenvalue weighted by Crippen LogP contribution is 2.39. The minimum atomic E-state index is 0.220. The Kier molecular flexibility index (Phi) is 6.15. The summed E-state index contributed by atoms with van der Waals surface area (Å²) in [6, 6.07) is 22.9. The molecule has 4 aromatic rings. The number of para-hydroxylation sites is 1. The summed E-state index contributed by atoms with van der Waals surface area (Å²) in [5.74, 6) is 0.809. The van der Waals surface area contributed by atoms with Crippen molar-refractivity contribution < 1.29 is 9.47 Å². The van der Waals surface area contributed by atoms with Crippen LogP contribution in [0.15, 0.2) is 66.9 Å². The zero-order valence-electron chi connectivity index (χ0n) is 20.6. The third-order valence-electron chi connectivity index (χ3n) is 6.67. The van der Waals surface area contributed by atoms with Gasteiger partial charge in [0.25, 0.3) is 0 Å². The van der Waals surface area contributed by atoms with Crippen LogP contribution in [0.3, 0.4) is 0 Å². The zero-order valence-corrected chi connectivity index (χ0v) is 20.6. The number of aromatic nitrogens is 1. The van der Waals surface area contributed by atoms with Gasteiger partial charge in [-0.1, -0.05) is 36.4 Å². The first-order chi connectivity index (χ1) is 17.0. The van der Waals surface area contributed by atoms with E-state index in [9.17, 15) is 5.26 Å². The average molecular weight is 464 g/mol. The Morgan fingerprint density at radius 3 is 2.34 bits per heavy atom. The quantitative estimate of drug-likeness (QED) is 0.352. The molecule has 5 nitrogen and oxygen atoms in total. The van der Waals surface area contributed by atoms with Crippen LogP contribution in [-0.4, -0.2) is 37.4 Å². The maximum Gasteiger partial charge on any atom is 0.137 e. The zero-order chi connectivity index (χ0) is 24.5. The fourth-order valence-corrected chi connectivity index (χ4v) is 5.05. The molecule has 1 aromatic heterocycles. The third-order valence-corrected chi connectivity index (χ3v) is 6.67. The predicted molar refractivity (Wildman–Crippen MR) is 141 cm³/mol. The molecular weight excluding hydrogens is 434 g/mol. The lowest BCUT2D eigenvalue weighted by Gasteiger charge is -2.36. The van der Waals surface area contributed by atoms with E-state index in [2.05, 4.69) is 61.2 Å². The van der Waals surface area contributed by atoms with E-state index < -0.39 is 0 Å². The smallest absolute Gasteiger partial charge is 0.137 e. The number of aryl methyl sites for hydroxylation is 1. The summed E-state index contributed by atoms with van der Waals surface area (Å²) in [5.41, 5.74) is 7.80. The molecule has 3 aromatic carbocycles. The van der Waals surface area contributed by atoms with Crippen molar-refractivity contribution in [1.29, 1.82) is 5.26 Å². The van der Waals surface area contributed by atoms with Crippen molar-refractivity contribution in [3.05, 3.63) is 78.0 Å². The van der Waals surface area contributed by atoms with Crippen molar-refractivity contribution in [3.63, 3.8) is 0 Å². The lowest BCUT2D eigenvalue weighted by molar-refractivity contribution is -0.00521. The van der Waals surface area contributed by atoms with Crippen LogP contribution in [0.1, 0.15) is 25.0 Å². The van der Waals surface area contributed by atoms with Gasteiger partial charge < -0.3 is 14.4 Å². The molecule has 1 aliphatic rings. The van der Waals surface area contributed by atoms with Crippen molar-refractivity contribution in [3.8, 4) is 34.1 Å². The van der Waals surface area contributed by atoms with E-state index in [1.54, 1.807) is 7.11 Å². The van der Waals surface area contributed by atoms with Crippen molar-refractivity contribution in [1.82, 2.24) is 4.98 Å². The molecule has 0 aliphatic carbocycles. The Morgan fingerprint density at radius 1 is 0.971 bits per heavy atom. The lowest BCUT2D eigenvalue weighted by atomic mass is 9.96. The number of benzene rings is 3. The second-order valence-electron chi connectivity index (χ2n) is 9.26. The Balaban J connectivity index is 1.54. The van der Waals surface area contributed by atoms with Gasteiger partial charge in [-0.05, 0) is 61.7 Å². The monoisotopic (exact) mass is 463 g/mol. The van der Waals surface area contributed by atoms with Crippen molar-refractivity contribution in [2.75, 3.05) is 25.1 Å². The summed E-state index contributed by atoms with van der Waals surface area (Å²) >= 11 is 0. The molecular formula is C30H29N3O2. The molecule has 1 aliphatic heterocycles. The van der Waals surface area contributed by atoms with E-state index in [1.165, 1.54) is 5.69 Å². The maximum absolute atomic E-state index is 9.29. The van der Waals surface area contributed by atoms with E-state index in [-0.39, 0.29) is 12.2 Å². The molecule has 176 valence electrons. The van der Waals surface area contributed by atoms with E-state index >= 15 is 0 Å². The highest BCUT2D eigenvalue weighted by Gasteiger charge is 2.22. The first-order valence-corrected chi connectivity index (χ1v) is 12.0. The molecule has 5 rings (SSSR count). The minimum Gasteiger partial charge on any atom is -0.495 e. The fourth-order valence-electron chi connectivity index (χ4n) is 5.05. The topological polar surface area (TPSA) is 58.4 Å². The Labute approximate surface area is 206 Å². The number of hydrogen-bond acceptors (Lipinski definition) is 5. The van der Waals surface area contributed by atoms with Gasteiger partial charge in [0.15, 0.2) is 0 Å². The van der Waals surface area contributed by atoms with Gasteiger partial charge in [-0.15, -0.1) is 0 Å². The number of methoxy groups -OCH3 is 1. The molecule has 5 heteroatoms. The Bertz CT molecular complexity index is 1410. The highest BCUT2D eigenvalue weighted by molar-refractivity contribution is 6.00. The van der Waals surface area contributed by atoms with Crippen molar-refractivity contribution >= 4 is 16.6 Å². The van der Waals surface area contributed by atoms with Gasteiger partial charge in [0.05, 0.1) is 36.5 Å². The van der Waals surface area contributed by atoms with Crippen LogP contribution < -0.4 is 9.64 Å². The molecule has 2 atom stereocenters. The molecule has 0 radical (unpaired) electrons. The molecule has 1 saturated heterocycles. The van der Waals surface area contributed by atoms with Crippen LogP contribution in [0.25, 0.3) is 33.2 Å². The number of nitrogens with zero attached hydrogens (tertiary/aromatic N) is 3. The van der Waals surface area contributed by atoms with Crippen LogP contribution in [0.4, 0.5) is 5.69 Å². The van der Waals surface area contributed by atoms with Crippen LogP contribution in [0, 0.1) is 18.3 Å². The van der Waals surface area contributed by atoms with Crippen LogP contribution in [-0.2, 0) is 4.74 Å². The first kappa shape index (κ1) is 22.9. The summed E-state index contributed by atoms with van der Waals surface area (Å²) in [6.45, 7) is 7.98.